The highest BCUT2D eigenvalue weighted by Gasteiger charge is 2.25. The number of rotatable bonds is 20. The molecule has 0 aliphatic rings. The van der Waals surface area contributed by atoms with Crippen LogP contribution in [0.1, 0.15) is 56.9 Å². The lowest BCUT2D eigenvalue weighted by Crippen LogP contribution is -2.04. The summed E-state index contributed by atoms with van der Waals surface area (Å²) in [4.78, 5) is 22.0. The van der Waals surface area contributed by atoms with Gasteiger partial charge in [0, 0.05) is 12.2 Å². The molecule has 0 N–H and O–H groups in total. The Kier molecular flexibility index (Phi) is 15.9. The second-order valence-corrected chi connectivity index (χ2v) is 9.55. The van der Waals surface area contributed by atoms with E-state index >= 15 is 0 Å². The van der Waals surface area contributed by atoms with Gasteiger partial charge in [0.1, 0.15) is 0 Å². The number of unbranched alkanes of at least 4 members (excludes halogenated alkanes) is 6. The van der Waals surface area contributed by atoms with E-state index in [9.17, 15) is 14.2 Å². The summed E-state index contributed by atoms with van der Waals surface area (Å²) < 4.78 is 34.7. The minimum absolute atomic E-state index is 0.239. The Bertz CT molecular complexity index is 708. The zero-order valence-corrected chi connectivity index (χ0v) is 20.3. The molecule has 0 aliphatic heterocycles. The molecular formula is C25H37O7P. The van der Waals surface area contributed by atoms with Gasteiger partial charge in [0.05, 0.1) is 32.6 Å². The molecule has 0 radical (unpaired) electrons. The Morgan fingerprint density at radius 1 is 0.697 bits per heavy atom. The van der Waals surface area contributed by atoms with Gasteiger partial charge < -0.3 is 18.5 Å². The Morgan fingerprint density at radius 3 is 1.55 bits per heavy atom. The summed E-state index contributed by atoms with van der Waals surface area (Å²) >= 11 is 0. The first-order chi connectivity index (χ1) is 16.0. The first kappa shape index (κ1) is 28.8. The average Bonchev–Trinajstić information content (AvgIpc) is 2.82. The molecule has 1 aromatic carbocycles. The Balaban J connectivity index is 2.30. The minimum Gasteiger partial charge on any atom is -0.463 e. The van der Waals surface area contributed by atoms with Gasteiger partial charge in [-0.1, -0.05) is 56.3 Å². The lowest BCUT2D eigenvalue weighted by molar-refractivity contribution is -0.138. The van der Waals surface area contributed by atoms with Gasteiger partial charge in [-0.25, -0.2) is 9.59 Å². The van der Waals surface area contributed by atoms with Crippen LogP contribution >= 0.6 is 7.60 Å². The molecule has 0 atom stereocenters. The van der Waals surface area contributed by atoms with Crippen molar-refractivity contribution >= 4 is 19.5 Å². The van der Waals surface area contributed by atoms with Gasteiger partial charge in [0.15, 0.2) is 0 Å². The fourth-order valence-electron chi connectivity index (χ4n) is 2.92. The number of esters is 2. The van der Waals surface area contributed by atoms with Gasteiger partial charge >= 0.3 is 19.5 Å². The molecule has 0 fully saturated rings. The number of hydrogen-bond acceptors (Lipinski definition) is 7. The highest BCUT2D eigenvalue weighted by atomic mass is 31.2. The van der Waals surface area contributed by atoms with E-state index < -0.39 is 19.5 Å². The molecule has 1 aromatic rings. The maximum absolute atomic E-state index is 13.3. The van der Waals surface area contributed by atoms with Crippen LogP contribution < -0.4 is 0 Å². The van der Waals surface area contributed by atoms with E-state index in [0.717, 1.165) is 69.1 Å². The third kappa shape index (κ3) is 15.3. The van der Waals surface area contributed by atoms with Gasteiger partial charge in [0.2, 0.25) is 0 Å². The molecule has 0 saturated carbocycles. The molecule has 184 valence electrons. The molecule has 0 spiro atoms. The monoisotopic (exact) mass is 480 g/mol. The smallest absolute Gasteiger partial charge is 0.335 e. The molecule has 0 amide bonds. The Morgan fingerprint density at radius 2 is 1.12 bits per heavy atom. The van der Waals surface area contributed by atoms with Gasteiger partial charge in [-0.2, -0.15) is 0 Å². The second kappa shape index (κ2) is 18.2. The van der Waals surface area contributed by atoms with Crippen molar-refractivity contribution in [2.45, 2.75) is 57.5 Å². The summed E-state index contributed by atoms with van der Waals surface area (Å²) in [5, 5.41) is 0. The van der Waals surface area contributed by atoms with Crippen LogP contribution in [0.2, 0.25) is 0 Å². The fraction of sp³-hybridized carbons (Fsp3) is 0.520. The molecule has 0 aliphatic carbocycles. The van der Waals surface area contributed by atoms with Crippen molar-refractivity contribution in [2.75, 3.05) is 26.4 Å². The summed E-state index contributed by atoms with van der Waals surface area (Å²) in [6.45, 7) is 8.16. The molecular weight excluding hydrogens is 443 g/mol. The lowest BCUT2D eigenvalue weighted by Gasteiger charge is -2.19. The Labute approximate surface area is 197 Å². The molecule has 0 heterocycles. The topological polar surface area (TPSA) is 88.1 Å². The van der Waals surface area contributed by atoms with Crippen LogP contribution in [0.5, 0.6) is 0 Å². The van der Waals surface area contributed by atoms with Gasteiger partial charge in [-0.05, 0) is 44.1 Å². The predicted molar refractivity (Wildman–Crippen MR) is 129 cm³/mol. The van der Waals surface area contributed by atoms with Crippen molar-refractivity contribution in [3.8, 4) is 0 Å². The van der Waals surface area contributed by atoms with Crippen LogP contribution in [0.3, 0.4) is 0 Å². The summed E-state index contributed by atoms with van der Waals surface area (Å²) in [5.41, 5.74) is 0.911. The van der Waals surface area contributed by atoms with E-state index in [2.05, 4.69) is 13.2 Å². The Hall–Kier alpha value is -2.21. The summed E-state index contributed by atoms with van der Waals surface area (Å²) in [5.74, 6) is -0.818. The van der Waals surface area contributed by atoms with Crippen LogP contribution in [-0.2, 0) is 38.8 Å². The van der Waals surface area contributed by atoms with Crippen molar-refractivity contribution in [1.29, 1.82) is 0 Å². The number of ether oxygens (including phenoxy) is 2. The molecule has 1 rings (SSSR count). The zero-order chi connectivity index (χ0) is 24.2. The van der Waals surface area contributed by atoms with E-state index in [-0.39, 0.29) is 6.16 Å². The van der Waals surface area contributed by atoms with Gasteiger partial charge in [-0.15, -0.1) is 0 Å². The van der Waals surface area contributed by atoms with E-state index in [0.29, 0.717) is 26.4 Å². The summed E-state index contributed by atoms with van der Waals surface area (Å²) in [6.07, 6.45) is 9.12. The maximum Gasteiger partial charge on any atom is 0.335 e. The molecule has 0 saturated heterocycles. The molecule has 0 aromatic heterocycles. The minimum atomic E-state index is -3.26. The van der Waals surface area contributed by atoms with Crippen LogP contribution in [0.15, 0.2) is 55.6 Å². The van der Waals surface area contributed by atoms with Crippen LogP contribution in [-0.4, -0.2) is 38.4 Å². The van der Waals surface area contributed by atoms with Gasteiger partial charge in [-0.3, -0.25) is 4.57 Å². The highest BCUT2D eigenvalue weighted by molar-refractivity contribution is 7.53. The van der Waals surface area contributed by atoms with Crippen molar-refractivity contribution in [1.82, 2.24) is 0 Å². The van der Waals surface area contributed by atoms with Crippen molar-refractivity contribution < 1.29 is 32.7 Å². The van der Waals surface area contributed by atoms with E-state index in [1.54, 1.807) is 0 Å². The molecule has 0 unspecified atom stereocenters. The summed E-state index contributed by atoms with van der Waals surface area (Å²) in [6, 6.07) is 9.54. The quantitative estimate of drug-likeness (QED) is 0.0980. The lowest BCUT2D eigenvalue weighted by atomic mass is 10.2. The van der Waals surface area contributed by atoms with E-state index in [1.165, 1.54) is 0 Å². The predicted octanol–water partition coefficient (Wildman–Crippen LogP) is 5.99. The molecule has 7 nitrogen and oxygen atoms in total. The number of hydrogen-bond donors (Lipinski definition) is 0. The first-order valence-electron chi connectivity index (χ1n) is 11.5. The third-order valence-electron chi connectivity index (χ3n) is 4.69. The summed E-state index contributed by atoms with van der Waals surface area (Å²) in [7, 11) is -3.26. The molecule has 8 heteroatoms. The number of benzene rings is 1. The highest BCUT2D eigenvalue weighted by Crippen LogP contribution is 2.51. The number of carbonyl (C=O) groups is 2. The van der Waals surface area contributed by atoms with Crippen LogP contribution in [0.4, 0.5) is 0 Å². The fourth-order valence-corrected chi connectivity index (χ4v) is 4.65. The normalized spacial score (nSPS) is 11.0. The third-order valence-corrected chi connectivity index (χ3v) is 6.60. The maximum atomic E-state index is 13.3. The van der Waals surface area contributed by atoms with E-state index in [4.69, 9.17) is 18.5 Å². The van der Waals surface area contributed by atoms with Gasteiger partial charge in [0.25, 0.3) is 0 Å². The van der Waals surface area contributed by atoms with Crippen molar-refractivity contribution in [3.63, 3.8) is 0 Å². The van der Waals surface area contributed by atoms with Crippen LogP contribution in [0, 0.1) is 0 Å². The second-order valence-electron chi connectivity index (χ2n) is 7.49. The molecule has 33 heavy (non-hydrogen) atoms. The standard InChI is InChI=1S/C25H37O7P/c1-3-24(26)29-18-12-5-7-14-20-31-33(28,22-23-16-10-9-11-17-23)32-21-15-8-6-13-19-30-25(27)4-2/h3-4,9-11,16-17H,1-2,5-8,12-15,18-22H2. The van der Waals surface area contributed by atoms with E-state index in [1.807, 2.05) is 30.3 Å². The number of carbonyl (C=O) groups excluding carboxylic acids is 2. The largest absolute Gasteiger partial charge is 0.463 e. The van der Waals surface area contributed by atoms with Crippen LogP contribution in [0.25, 0.3) is 0 Å². The molecule has 0 bridgehead atoms. The SMILES string of the molecule is C=CC(=O)OCCCCCCOP(=O)(Cc1ccccc1)OCCCCCCOC(=O)C=C. The van der Waals surface area contributed by atoms with Crippen molar-refractivity contribution in [2.24, 2.45) is 0 Å². The van der Waals surface area contributed by atoms with Crippen molar-refractivity contribution in [3.05, 3.63) is 61.2 Å². The first-order valence-corrected chi connectivity index (χ1v) is 13.2. The zero-order valence-electron chi connectivity index (χ0n) is 19.5. The average molecular weight is 481 g/mol.